The Balaban J connectivity index is 1.48. The summed E-state index contributed by atoms with van der Waals surface area (Å²) in [5.74, 6) is 0.403. The van der Waals surface area contributed by atoms with Gasteiger partial charge in [-0.05, 0) is 75.3 Å². The van der Waals surface area contributed by atoms with Crippen LogP contribution in [-0.2, 0) is 17.9 Å². The fraction of sp³-hybridized carbons (Fsp3) is 0.0800. The first-order chi connectivity index (χ1) is 15.5. The molecule has 7 heteroatoms. The number of benzene rings is 3. The van der Waals surface area contributed by atoms with Crippen molar-refractivity contribution in [2.24, 2.45) is 0 Å². The molecule has 1 saturated heterocycles. The van der Waals surface area contributed by atoms with Crippen molar-refractivity contribution in [3.63, 3.8) is 0 Å². The molecule has 0 saturated carbocycles. The van der Waals surface area contributed by atoms with E-state index in [0.29, 0.717) is 22.6 Å². The molecular formula is C25H17IN2O3S. The standard InChI is InChI=1S/C25H17IN2O3S/c26-21-12-18(10-11-22(21)31-16-17-6-2-1-3-7-17)13-23-24(29)28(25(30)32-23)15-20-9-5-4-8-19(20)14-27/h1-13H,15-16H2/b23-13+. The van der Waals surface area contributed by atoms with E-state index in [0.717, 1.165) is 32.2 Å². The molecule has 1 fully saturated rings. The van der Waals surface area contributed by atoms with Crippen LogP contribution in [-0.4, -0.2) is 16.0 Å². The Hall–Kier alpha value is -3.09. The van der Waals surface area contributed by atoms with E-state index < -0.39 is 0 Å². The first-order valence-corrected chi connectivity index (χ1v) is 11.6. The molecule has 1 heterocycles. The second-order valence-electron chi connectivity index (χ2n) is 7.00. The zero-order valence-corrected chi connectivity index (χ0v) is 19.8. The highest BCUT2D eigenvalue weighted by atomic mass is 127. The van der Waals surface area contributed by atoms with Gasteiger partial charge >= 0.3 is 0 Å². The van der Waals surface area contributed by atoms with Gasteiger partial charge in [0.15, 0.2) is 0 Å². The van der Waals surface area contributed by atoms with E-state index in [1.54, 1.807) is 30.3 Å². The van der Waals surface area contributed by atoms with Crippen molar-refractivity contribution in [3.8, 4) is 11.8 Å². The van der Waals surface area contributed by atoms with Gasteiger partial charge in [0.1, 0.15) is 12.4 Å². The van der Waals surface area contributed by atoms with E-state index in [-0.39, 0.29) is 17.7 Å². The van der Waals surface area contributed by atoms with Gasteiger partial charge < -0.3 is 4.74 Å². The van der Waals surface area contributed by atoms with Gasteiger partial charge in [-0.2, -0.15) is 5.26 Å². The number of hydrogen-bond acceptors (Lipinski definition) is 5. The van der Waals surface area contributed by atoms with E-state index in [1.807, 2.05) is 48.5 Å². The smallest absolute Gasteiger partial charge is 0.293 e. The highest BCUT2D eigenvalue weighted by Gasteiger charge is 2.35. The third kappa shape index (κ3) is 5.03. The average Bonchev–Trinajstić information content (AvgIpc) is 3.07. The molecule has 0 N–H and O–H groups in total. The topological polar surface area (TPSA) is 70.4 Å². The summed E-state index contributed by atoms with van der Waals surface area (Å²) >= 11 is 3.11. The van der Waals surface area contributed by atoms with Crippen molar-refractivity contribution in [1.29, 1.82) is 5.26 Å². The maximum Gasteiger partial charge on any atom is 0.293 e. The number of thioether (sulfide) groups is 1. The van der Waals surface area contributed by atoms with Crippen molar-refractivity contribution in [3.05, 3.63) is 104 Å². The maximum absolute atomic E-state index is 12.8. The Morgan fingerprint density at radius 1 is 1.03 bits per heavy atom. The Labute approximate surface area is 203 Å². The lowest BCUT2D eigenvalue weighted by molar-refractivity contribution is -0.123. The van der Waals surface area contributed by atoms with E-state index in [9.17, 15) is 14.9 Å². The number of nitrogens with zero attached hydrogens (tertiary/aromatic N) is 2. The van der Waals surface area contributed by atoms with Crippen LogP contribution in [0.3, 0.4) is 0 Å². The van der Waals surface area contributed by atoms with Crippen molar-refractivity contribution in [2.45, 2.75) is 13.2 Å². The van der Waals surface area contributed by atoms with Gasteiger partial charge in [0.25, 0.3) is 11.1 Å². The van der Waals surface area contributed by atoms with Crippen LogP contribution < -0.4 is 4.74 Å². The quantitative estimate of drug-likeness (QED) is 0.278. The number of ether oxygens (including phenoxy) is 1. The lowest BCUT2D eigenvalue weighted by Gasteiger charge is -2.13. The molecule has 4 rings (SSSR count). The first kappa shape index (κ1) is 22.1. The largest absolute Gasteiger partial charge is 0.488 e. The summed E-state index contributed by atoms with van der Waals surface area (Å²) in [4.78, 5) is 26.8. The van der Waals surface area contributed by atoms with Gasteiger partial charge in [-0.25, -0.2) is 0 Å². The third-order valence-corrected chi connectivity index (χ3v) is 6.58. The first-order valence-electron chi connectivity index (χ1n) is 9.75. The van der Waals surface area contributed by atoms with E-state index in [4.69, 9.17) is 4.74 Å². The average molecular weight is 552 g/mol. The van der Waals surface area contributed by atoms with Crippen molar-refractivity contribution in [2.75, 3.05) is 0 Å². The molecule has 158 valence electrons. The predicted molar refractivity (Wildman–Crippen MR) is 133 cm³/mol. The fourth-order valence-electron chi connectivity index (χ4n) is 3.18. The van der Waals surface area contributed by atoms with Gasteiger partial charge in [0.2, 0.25) is 0 Å². The van der Waals surface area contributed by atoms with Crippen LogP contribution in [0.1, 0.15) is 22.3 Å². The SMILES string of the molecule is N#Cc1ccccc1CN1C(=O)S/C(=C/c2ccc(OCc3ccccc3)c(I)c2)C1=O. The van der Waals surface area contributed by atoms with Crippen LogP contribution in [0.15, 0.2) is 77.7 Å². The third-order valence-electron chi connectivity index (χ3n) is 4.83. The lowest BCUT2D eigenvalue weighted by Crippen LogP contribution is -2.27. The van der Waals surface area contributed by atoms with E-state index >= 15 is 0 Å². The highest BCUT2D eigenvalue weighted by molar-refractivity contribution is 14.1. The molecule has 0 aromatic heterocycles. The summed E-state index contributed by atoms with van der Waals surface area (Å²) in [6, 6.07) is 24.6. The summed E-state index contributed by atoms with van der Waals surface area (Å²) in [5.41, 5.74) is 2.99. The van der Waals surface area contributed by atoms with Crippen LogP contribution in [0.2, 0.25) is 0 Å². The van der Waals surface area contributed by atoms with Crippen LogP contribution in [0.5, 0.6) is 5.75 Å². The Morgan fingerprint density at radius 2 is 1.78 bits per heavy atom. The Kier molecular flexibility index (Phi) is 6.93. The summed E-state index contributed by atoms with van der Waals surface area (Å²) in [6.07, 6.45) is 1.71. The minimum absolute atomic E-state index is 0.0789. The minimum Gasteiger partial charge on any atom is -0.488 e. The van der Waals surface area contributed by atoms with E-state index in [2.05, 4.69) is 28.7 Å². The van der Waals surface area contributed by atoms with Crippen LogP contribution in [0.25, 0.3) is 6.08 Å². The molecule has 0 unspecified atom stereocenters. The summed E-state index contributed by atoms with van der Waals surface area (Å²) in [7, 11) is 0. The molecule has 1 aliphatic heterocycles. The second-order valence-corrected chi connectivity index (χ2v) is 9.16. The molecule has 0 aliphatic carbocycles. The number of rotatable bonds is 6. The Morgan fingerprint density at radius 3 is 2.53 bits per heavy atom. The summed E-state index contributed by atoms with van der Waals surface area (Å²) in [6.45, 7) is 0.550. The monoisotopic (exact) mass is 552 g/mol. The number of halogens is 1. The zero-order chi connectivity index (χ0) is 22.5. The maximum atomic E-state index is 12.8. The zero-order valence-electron chi connectivity index (χ0n) is 16.8. The van der Waals surface area contributed by atoms with Crippen LogP contribution in [0, 0.1) is 14.9 Å². The number of imide groups is 1. The van der Waals surface area contributed by atoms with Crippen molar-refractivity contribution < 1.29 is 14.3 Å². The molecule has 2 amide bonds. The Bertz CT molecular complexity index is 1250. The highest BCUT2D eigenvalue weighted by Crippen LogP contribution is 2.34. The number of carbonyl (C=O) groups excluding carboxylic acids is 2. The molecular weight excluding hydrogens is 535 g/mol. The van der Waals surface area contributed by atoms with E-state index in [1.165, 1.54) is 4.90 Å². The normalized spacial score (nSPS) is 14.6. The molecule has 0 radical (unpaired) electrons. The summed E-state index contributed by atoms with van der Waals surface area (Å²) < 4.78 is 6.81. The van der Waals surface area contributed by atoms with Crippen LogP contribution in [0.4, 0.5) is 4.79 Å². The molecule has 32 heavy (non-hydrogen) atoms. The van der Waals surface area contributed by atoms with Crippen molar-refractivity contribution >= 4 is 51.6 Å². The van der Waals surface area contributed by atoms with Crippen molar-refractivity contribution in [1.82, 2.24) is 4.90 Å². The molecule has 1 aliphatic rings. The second kappa shape index (κ2) is 10.0. The van der Waals surface area contributed by atoms with Crippen LogP contribution >= 0.6 is 34.4 Å². The minimum atomic E-state index is -0.354. The van der Waals surface area contributed by atoms with Gasteiger partial charge in [-0.1, -0.05) is 54.6 Å². The fourth-order valence-corrected chi connectivity index (χ4v) is 4.72. The molecule has 3 aromatic carbocycles. The molecule has 0 atom stereocenters. The number of hydrogen-bond donors (Lipinski definition) is 0. The molecule has 5 nitrogen and oxygen atoms in total. The molecule has 3 aromatic rings. The predicted octanol–water partition coefficient (Wildman–Crippen LogP) is 5.98. The number of carbonyl (C=O) groups is 2. The summed E-state index contributed by atoms with van der Waals surface area (Å²) in [5, 5.41) is 8.92. The number of nitriles is 1. The lowest BCUT2D eigenvalue weighted by atomic mass is 10.1. The van der Waals surface area contributed by atoms with Gasteiger partial charge in [0.05, 0.1) is 26.7 Å². The van der Waals surface area contributed by atoms with Gasteiger partial charge in [0, 0.05) is 0 Å². The van der Waals surface area contributed by atoms with Gasteiger partial charge in [-0.15, -0.1) is 0 Å². The van der Waals surface area contributed by atoms with Gasteiger partial charge in [-0.3, -0.25) is 14.5 Å². The molecule has 0 spiro atoms. The number of amides is 2. The molecule has 0 bridgehead atoms.